The van der Waals surface area contributed by atoms with Crippen molar-refractivity contribution in [3.05, 3.63) is 90.5 Å². The number of carbonyl (C=O) groups is 2. The Morgan fingerprint density at radius 3 is 1.97 bits per heavy atom. The Kier molecular flexibility index (Phi) is 6.09. The zero-order valence-corrected chi connectivity index (χ0v) is 17.5. The van der Waals surface area contributed by atoms with Crippen molar-refractivity contribution in [3.8, 4) is 0 Å². The second-order valence-electron chi connectivity index (χ2n) is 7.21. The third kappa shape index (κ3) is 4.49. The second-order valence-corrected chi connectivity index (χ2v) is 8.78. The molecular formula is C25H21NO4S. The number of hydrogen-bond donors (Lipinski definition) is 2. The normalized spacial score (nSPS) is 13.0. The Labute approximate surface area is 182 Å². The number of rotatable bonds is 7. The van der Waals surface area contributed by atoms with Crippen molar-refractivity contribution in [2.24, 2.45) is 0 Å². The first-order chi connectivity index (χ1) is 15.0. The average molecular weight is 432 g/mol. The van der Waals surface area contributed by atoms with Gasteiger partial charge in [0.15, 0.2) is 0 Å². The van der Waals surface area contributed by atoms with Crippen molar-refractivity contribution in [1.82, 2.24) is 5.32 Å². The van der Waals surface area contributed by atoms with Crippen LogP contribution in [-0.2, 0) is 15.6 Å². The second kappa shape index (κ2) is 9.10. The first-order valence-electron chi connectivity index (χ1n) is 9.92. The van der Waals surface area contributed by atoms with Gasteiger partial charge in [-0.25, -0.2) is 4.79 Å². The minimum Gasteiger partial charge on any atom is -0.480 e. The number of carboxylic acid groups (broad SMARTS) is 1. The van der Waals surface area contributed by atoms with Gasteiger partial charge in [-0.1, -0.05) is 66.7 Å². The summed E-state index contributed by atoms with van der Waals surface area (Å²) in [6.07, 6.45) is 0.0608. The molecule has 0 bridgehead atoms. The zero-order chi connectivity index (χ0) is 21.8. The standard InChI is InChI=1S/C25H21NO4S/c27-24(26-22(25(28)29)14-15-31(30)19-10-2-1-3-11-19)23-20-12-6-4-8-17(20)16-18-9-5-7-13-21(18)23/h1-13,16,22H,14-15H2,(H,26,27)(H,28,29)/t22-,31-/m0/s1. The number of benzene rings is 4. The molecule has 2 N–H and O–H groups in total. The van der Waals surface area contributed by atoms with Gasteiger partial charge in [0, 0.05) is 10.6 Å². The maximum atomic E-state index is 13.3. The summed E-state index contributed by atoms with van der Waals surface area (Å²) >= 11 is 0. The molecule has 6 heteroatoms. The molecule has 0 aliphatic rings. The summed E-state index contributed by atoms with van der Waals surface area (Å²) in [5.41, 5.74) is 0.448. The summed E-state index contributed by atoms with van der Waals surface area (Å²) in [7, 11) is -1.34. The van der Waals surface area contributed by atoms with Gasteiger partial charge in [0.25, 0.3) is 5.91 Å². The maximum absolute atomic E-state index is 13.3. The van der Waals surface area contributed by atoms with E-state index in [4.69, 9.17) is 0 Å². The Morgan fingerprint density at radius 2 is 1.39 bits per heavy atom. The molecule has 1 amide bonds. The van der Waals surface area contributed by atoms with Gasteiger partial charge in [0.2, 0.25) is 0 Å². The van der Waals surface area contributed by atoms with Crippen LogP contribution in [0.2, 0.25) is 0 Å². The molecule has 0 saturated carbocycles. The first kappa shape index (κ1) is 20.8. The van der Waals surface area contributed by atoms with Crippen LogP contribution in [0.25, 0.3) is 21.5 Å². The summed E-state index contributed by atoms with van der Waals surface area (Å²) in [6, 6.07) is 24.8. The smallest absolute Gasteiger partial charge is 0.326 e. The van der Waals surface area contributed by atoms with Crippen molar-refractivity contribution in [2.45, 2.75) is 17.4 Å². The summed E-state index contributed by atoms with van der Waals surface area (Å²) in [6.45, 7) is 0. The lowest BCUT2D eigenvalue weighted by Crippen LogP contribution is -2.41. The highest BCUT2D eigenvalue weighted by atomic mass is 32.2. The van der Waals surface area contributed by atoms with Gasteiger partial charge in [-0.3, -0.25) is 9.00 Å². The molecule has 31 heavy (non-hydrogen) atoms. The molecule has 0 fully saturated rings. The van der Waals surface area contributed by atoms with Crippen LogP contribution < -0.4 is 5.32 Å². The predicted molar refractivity (Wildman–Crippen MR) is 123 cm³/mol. The molecule has 0 radical (unpaired) electrons. The molecule has 0 unspecified atom stereocenters. The molecule has 2 atom stereocenters. The van der Waals surface area contributed by atoms with E-state index in [2.05, 4.69) is 5.32 Å². The first-order valence-corrected chi connectivity index (χ1v) is 11.2. The highest BCUT2D eigenvalue weighted by Crippen LogP contribution is 2.28. The Bertz CT molecular complexity index is 1230. The number of carbonyl (C=O) groups excluding carboxylic acids is 1. The molecule has 4 rings (SSSR count). The lowest BCUT2D eigenvalue weighted by Gasteiger charge is -2.17. The topological polar surface area (TPSA) is 83.5 Å². The summed E-state index contributed by atoms with van der Waals surface area (Å²) in [5, 5.41) is 15.6. The molecule has 0 heterocycles. The van der Waals surface area contributed by atoms with E-state index in [0.29, 0.717) is 10.5 Å². The lowest BCUT2D eigenvalue weighted by molar-refractivity contribution is -0.139. The largest absolute Gasteiger partial charge is 0.480 e. The van der Waals surface area contributed by atoms with Crippen LogP contribution in [0.15, 0.2) is 89.8 Å². The van der Waals surface area contributed by atoms with E-state index in [1.54, 1.807) is 24.3 Å². The van der Waals surface area contributed by atoms with Crippen LogP contribution in [0.3, 0.4) is 0 Å². The number of carboxylic acids is 1. The van der Waals surface area contributed by atoms with Crippen LogP contribution in [0, 0.1) is 0 Å². The fraction of sp³-hybridized carbons (Fsp3) is 0.120. The van der Waals surface area contributed by atoms with Crippen molar-refractivity contribution < 1.29 is 18.9 Å². The fourth-order valence-electron chi connectivity index (χ4n) is 3.66. The van der Waals surface area contributed by atoms with E-state index in [-0.39, 0.29) is 12.2 Å². The molecule has 0 aromatic heterocycles. The zero-order valence-electron chi connectivity index (χ0n) is 16.7. The maximum Gasteiger partial charge on any atom is 0.326 e. The van der Waals surface area contributed by atoms with Crippen LogP contribution in [0.5, 0.6) is 0 Å². The van der Waals surface area contributed by atoms with Crippen LogP contribution in [-0.4, -0.2) is 33.0 Å². The van der Waals surface area contributed by atoms with Gasteiger partial charge in [0.05, 0.1) is 16.4 Å². The van der Waals surface area contributed by atoms with E-state index in [9.17, 15) is 18.9 Å². The SMILES string of the molecule is O=C(N[C@@H](CC[S@](=O)c1ccccc1)C(=O)O)c1c2ccccc2cc2ccccc12. The van der Waals surface area contributed by atoms with E-state index in [0.717, 1.165) is 21.5 Å². The number of amides is 1. The Morgan fingerprint density at radius 1 is 0.839 bits per heavy atom. The highest BCUT2D eigenvalue weighted by molar-refractivity contribution is 7.85. The van der Waals surface area contributed by atoms with Gasteiger partial charge < -0.3 is 10.4 Å². The molecule has 156 valence electrons. The summed E-state index contributed by atoms with van der Waals surface area (Å²) in [5.74, 6) is -1.47. The summed E-state index contributed by atoms with van der Waals surface area (Å²) < 4.78 is 12.5. The predicted octanol–water partition coefficient (Wildman–Crippen LogP) is 4.37. The molecule has 4 aromatic rings. The third-order valence-electron chi connectivity index (χ3n) is 5.20. The fourth-order valence-corrected chi connectivity index (χ4v) is 4.81. The quantitative estimate of drug-likeness (QED) is 0.426. The minimum atomic E-state index is -1.34. The molecule has 0 aliphatic carbocycles. The Balaban J connectivity index is 1.61. The van der Waals surface area contributed by atoms with Gasteiger partial charge in [0.1, 0.15) is 6.04 Å². The van der Waals surface area contributed by atoms with E-state index >= 15 is 0 Å². The average Bonchev–Trinajstić information content (AvgIpc) is 2.80. The van der Waals surface area contributed by atoms with Gasteiger partial charge >= 0.3 is 5.97 Å². The highest BCUT2D eigenvalue weighted by Gasteiger charge is 2.24. The van der Waals surface area contributed by atoms with Crippen molar-refractivity contribution in [2.75, 3.05) is 5.75 Å². The Hall–Kier alpha value is -3.51. The van der Waals surface area contributed by atoms with Gasteiger partial charge in [-0.15, -0.1) is 0 Å². The molecule has 0 aliphatic heterocycles. The van der Waals surface area contributed by atoms with Crippen LogP contribution in [0.4, 0.5) is 0 Å². The monoisotopic (exact) mass is 431 g/mol. The van der Waals surface area contributed by atoms with Crippen molar-refractivity contribution in [1.29, 1.82) is 0 Å². The van der Waals surface area contributed by atoms with Crippen LogP contribution >= 0.6 is 0 Å². The van der Waals surface area contributed by atoms with E-state index in [1.807, 2.05) is 60.7 Å². The van der Waals surface area contributed by atoms with E-state index < -0.39 is 28.7 Å². The number of aliphatic carboxylic acids is 1. The number of nitrogens with one attached hydrogen (secondary N) is 1. The molecule has 4 aromatic carbocycles. The molecule has 0 saturated heterocycles. The molecular weight excluding hydrogens is 410 g/mol. The summed E-state index contributed by atoms with van der Waals surface area (Å²) in [4.78, 5) is 25.7. The van der Waals surface area contributed by atoms with Crippen molar-refractivity contribution in [3.63, 3.8) is 0 Å². The number of fused-ring (bicyclic) bond motifs is 2. The third-order valence-corrected chi connectivity index (χ3v) is 6.60. The van der Waals surface area contributed by atoms with Crippen molar-refractivity contribution >= 4 is 44.2 Å². The van der Waals surface area contributed by atoms with E-state index in [1.165, 1.54) is 0 Å². The molecule has 0 spiro atoms. The lowest BCUT2D eigenvalue weighted by atomic mass is 9.96. The van der Waals surface area contributed by atoms with Gasteiger partial charge in [-0.2, -0.15) is 0 Å². The number of hydrogen-bond acceptors (Lipinski definition) is 3. The molecule has 5 nitrogen and oxygen atoms in total. The van der Waals surface area contributed by atoms with Crippen LogP contribution in [0.1, 0.15) is 16.8 Å². The van der Waals surface area contributed by atoms with Gasteiger partial charge in [-0.05, 0) is 46.2 Å². The minimum absolute atomic E-state index is 0.0608.